The molecule has 0 heterocycles. The van der Waals surface area contributed by atoms with Crippen LogP contribution >= 0.6 is 11.6 Å². The maximum absolute atomic E-state index is 12.3. The first-order chi connectivity index (χ1) is 11.6. The molecule has 2 rings (SSSR count). The minimum atomic E-state index is -3.46. The molecule has 2 aromatic rings. The summed E-state index contributed by atoms with van der Waals surface area (Å²) in [5, 5.41) is 13.3. The topological polar surface area (TPSA) is 110 Å². The average molecular weight is 384 g/mol. The molecule has 0 radical (unpaired) electrons. The van der Waals surface area contributed by atoms with Crippen LogP contribution in [0.25, 0.3) is 0 Å². The highest BCUT2D eigenvalue weighted by molar-refractivity contribution is 7.92. The fourth-order valence-corrected chi connectivity index (χ4v) is 2.73. The molecule has 0 aromatic heterocycles. The summed E-state index contributed by atoms with van der Waals surface area (Å²) < 4.78 is 24.1. The van der Waals surface area contributed by atoms with Gasteiger partial charge in [0.2, 0.25) is 10.0 Å². The number of hydrogen-bond acceptors (Lipinski definition) is 5. The molecule has 1 amide bonds. The number of nitro benzene ring substituents is 1. The molecule has 0 fully saturated rings. The second-order valence-corrected chi connectivity index (χ2v) is 7.58. The van der Waals surface area contributed by atoms with Crippen molar-refractivity contribution in [3.63, 3.8) is 0 Å². The van der Waals surface area contributed by atoms with Crippen LogP contribution in [0.4, 0.5) is 17.1 Å². The molecule has 0 atom stereocenters. The first-order valence-corrected chi connectivity index (χ1v) is 9.11. The van der Waals surface area contributed by atoms with Gasteiger partial charge in [0.25, 0.3) is 11.6 Å². The van der Waals surface area contributed by atoms with Crippen molar-refractivity contribution in [2.75, 3.05) is 22.9 Å². The quantitative estimate of drug-likeness (QED) is 0.630. The van der Waals surface area contributed by atoms with E-state index in [1.165, 1.54) is 49.5 Å². The summed E-state index contributed by atoms with van der Waals surface area (Å²) in [6.07, 6.45) is 1.05. The van der Waals surface area contributed by atoms with Gasteiger partial charge >= 0.3 is 0 Å². The number of nitro groups is 1. The van der Waals surface area contributed by atoms with E-state index in [1.54, 1.807) is 0 Å². The van der Waals surface area contributed by atoms with Crippen molar-refractivity contribution in [3.05, 3.63) is 63.2 Å². The van der Waals surface area contributed by atoms with Crippen LogP contribution in [-0.4, -0.2) is 32.6 Å². The number of benzene rings is 2. The Morgan fingerprint density at radius 1 is 1.24 bits per heavy atom. The fourth-order valence-electron chi connectivity index (χ4n) is 1.97. The molecule has 0 spiro atoms. The molecule has 0 unspecified atom stereocenters. The number of carbonyl (C=O) groups excluding carboxylic acids is 1. The number of non-ortho nitro benzene ring substituents is 1. The molecule has 2 aromatic carbocycles. The molecule has 0 bridgehead atoms. The number of rotatable bonds is 5. The molecule has 8 nitrogen and oxygen atoms in total. The maximum atomic E-state index is 12.3. The Balaban J connectivity index is 2.26. The maximum Gasteiger partial charge on any atom is 0.271 e. The minimum absolute atomic E-state index is 0.0518. The van der Waals surface area contributed by atoms with Crippen LogP contribution in [0, 0.1) is 10.1 Å². The van der Waals surface area contributed by atoms with Crippen LogP contribution in [0.2, 0.25) is 5.02 Å². The van der Waals surface area contributed by atoms with E-state index < -0.39 is 20.9 Å². The van der Waals surface area contributed by atoms with Crippen LogP contribution in [0.15, 0.2) is 42.5 Å². The monoisotopic (exact) mass is 383 g/mol. The molecule has 25 heavy (non-hydrogen) atoms. The van der Waals surface area contributed by atoms with Gasteiger partial charge in [0.1, 0.15) is 0 Å². The van der Waals surface area contributed by atoms with Gasteiger partial charge in [0.05, 0.1) is 27.5 Å². The average Bonchev–Trinajstić information content (AvgIpc) is 2.53. The van der Waals surface area contributed by atoms with E-state index in [-0.39, 0.29) is 22.0 Å². The Hall–Kier alpha value is -2.65. The predicted molar refractivity (Wildman–Crippen MR) is 95.7 cm³/mol. The molecule has 0 saturated carbocycles. The van der Waals surface area contributed by atoms with Gasteiger partial charge in [-0.1, -0.05) is 17.7 Å². The molecule has 0 aliphatic carbocycles. The third kappa shape index (κ3) is 4.46. The summed E-state index contributed by atoms with van der Waals surface area (Å²) in [5.74, 6) is -0.570. The van der Waals surface area contributed by atoms with Crippen molar-refractivity contribution in [1.82, 2.24) is 0 Å². The Morgan fingerprint density at radius 3 is 2.48 bits per heavy atom. The predicted octanol–water partition coefficient (Wildman–Crippen LogP) is 2.90. The molecular weight excluding hydrogens is 370 g/mol. The third-order valence-electron chi connectivity index (χ3n) is 3.37. The number of anilines is 2. The smallest absolute Gasteiger partial charge is 0.271 e. The summed E-state index contributed by atoms with van der Waals surface area (Å²) >= 11 is 6.08. The molecule has 1 N–H and O–H groups in total. The third-order valence-corrected chi connectivity index (χ3v) is 4.89. The van der Waals surface area contributed by atoms with Crippen molar-refractivity contribution >= 4 is 44.6 Å². The van der Waals surface area contributed by atoms with Gasteiger partial charge in [0, 0.05) is 24.9 Å². The van der Waals surface area contributed by atoms with Gasteiger partial charge in [0.15, 0.2) is 0 Å². The van der Waals surface area contributed by atoms with Crippen molar-refractivity contribution in [2.24, 2.45) is 0 Å². The fraction of sp³-hybridized carbons (Fsp3) is 0.133. The highest BCUT2D eigenvalue weighted by Gasteiger charge is 2.17. The van der Waals surface area contributed by atoms with Crippen molar-refractivity contribution in [3.8, 4) is 0 Å². The van der Waals surface area contributed by atoms with Gasteiger partial charge in [-0.05, 0) is 24.3 Å². The van der Waals surface area contributed by atoms with E-state index in [9.17, 15) is 23.3 Å². The number of hydrogen-bond donors (Lipinski definition) is 1. The second kappa shape index (κ2) is 7.08. The number of amides is 1. The lowest BCUT2D eigenvalue weighted by Crippen LogP contribution is -2.25. The standard InChI is InChI=1S/C15H14ClN3O5S/c1-18(25(2,23)24)11-6-7-13(14(16)9-11)15(20)17-10-4-3-5-12(8-10)19(21)22/h3-9H,1-2H3,(H,17,20). The lowest BCUT2D eigenvalue weighted by atomic mass is 10.2. The number of halogens is 1. The first kappa shape index (κ1) is 18.7. The van der Waals surface area contributed by atoms with Crippen LogP contribution < -0.4 is 9.62 Å². The highest BCUT2D eigenvalue weighted by Crippen LogP contribution is 2.26. The van der Waals surface area contributed by atoms with E-state index in [2.05, 4.69) is 5.32 Å². The Kier molecular flexibility index (Phi) is 5.29. The summed E-state index contributed by atoms with van der Waals surface area (Å²) in [4.78, 5) is 22.5. The SMILES string of the molecule is CN(c1ccc(C(=O)Nc2cccc([N+](=O)[O-])c2)c(Cl)c1)S(C)(=O)=O. The normalized spacial score (nSPS) is 11.0. The Bertz CT molecular complexity index is 946. The van der Waals surface area contributed by atoms with E-state index in [1.807, 2.05) is 0 Å². The van der Waals surface area contributed by atoms with E-state index >= 15 is 0 Å². The summed E-state index contributed by atoms with van der Waals surface area (Å²) in [7, 11) is -2.09. The van der Waals surface area contributed by atoms with Gasteiger partial charge < -0.3 is 5.32 Å². The van der Waals surface area contributed by atoms with Gasteiger partial charge in [-0.25, -0.2) is 8.42 Å². The lowest BCUT2D eigenvalue weighted by Gasteiger charge is -2.17. The molecule has 0 aliphatic heterocycles. The van der Waals surface area contributed by atoms with Gasteiger partial charge in [-0.15, -0.1) is 0 Å². The zero-order valence-electron chi connectivity index (χ0n) is 13.3. The highest BCUT2D eigenvalue weighted by atomic mass is 35.5. The zero-order valence-corrected chi connectivity index (χ0v) is 14.8. The van der Waals surface area contributed by atoms with Crippen molar-refractivity contribution in [2.45, 2.75) is 0 Å². The van der Waals surface area contributed by atoms with Crippen molar-refractivity contribution < 1.29 is 18.1 Å². The lowest BCUT2D eigenvalue weighted by molar-refractivity contribution is -0.384. The second-order valence-electron chi connectivity index (χ2n) is 5.16. The Morgan fingerprint density at radius 2 is 1.92 bits per heavy atom. The summed E-state index contributed by atoms with van der Waals surface area (Å²) in [5.41, 5.74) is 0.500. The molecule has 10 heteroatoms. The van der Waals surface area contributed by atoms with Crippen LogP contribution in [0.3, 0.4) is 0 Å². The summed E-state index contributed by atoms with van der Waals surface area (Å²) in [6.45, 7) is 0. The van der Waals surface area contributed by atoms with E-state index in [4.69, 9.17) is 11.6 Å². The molecule has 0 saturated heterocycles. The van der Waals surface area contributed by atoms with E-state index in [0.717, 1.165) is 10.6 Å². The largest absolute Gasteiger partial charge is 0.322 e. The Labute approximate surface area is 149 Å². The number of sulfonamides is 1. The van der Waals surface area contributed by atoms with Gasteiger partial charge in [-0.3, -0.25) is 19.2 Å². The minimum Gasteiger partial charge on any atom is -0.322 e. The molecule has 0 aliphatic rings. The van der Waals surface area contributed by atoms with Crippen LogP contribution in [0.1, 0.15) is 10.4 Å². The van der Waals surface area contributed by atoms with Crippen LogP contribution in [0.5, 0.6) is 0 Å². The number of carbonyl (C=O) groups is 1. The molecule has 132 valence electrons. The number of nitrogens with zero attached hydrogens (tertiary/aromatic N) is 2. The first-order valence-electron chi connectivity index (χ1n) is 6.89. The summed E-state index contributed by atoms with van der Waals surface area (Å²) in [6, 6.07) is 9.65. The van der Waals surface area contributed by atoms with Gasteiger partial charge in [-0.2, -0.15) is 0 Å². The van der Waals surface area contributed by atoms with E-state index in [0.29, 0.717) is 5.69 Å². The number of nitrogens with one attached hydrogen (secondary N) is 1. The zero-order chi connectivity index (χ0) is 18.8. The molecular formula is C15H14ClN3O5S. The van der Waals surface area contributed by atoms with Crippen molar-refractivity contribution in [1.29, 1.82) is 0 Å². The van der Waals surface area contributed by atoms with Crippen LogP contribution in [-0.2, 0) is 10.0 Å².